The number of aryl methyl sites for hydroxylation is 1. The van der Waals surface area contributed by atoms with Gasteiger partial charge in [-0.2, -0.15) is 0 Å². The normalized spacial score (nSPS) is 14.8. The molecule has 1 N–H and O–H groups in total. The number of carbonyl (C=O) groups is 2. The average molecular weight is 365 g/mol. The highest BCUT2D eigenvalue weighted by Crippen LogP contribution is 2.23. The molecular weight excluding hydrogens is 338 g/mol. The van der Waals surface area contributed by atoms with Gasteiger partial charge in [0, 0.05) is 31.3 Å². The molecule has 2 amide bonds. The molecule has 0 atom stereocenters. The van der Waals surface area contributed by atoms with Crippen molar-refractivity contribution in [3.63, 3.8) is 0 Å². The predicted molar refractivity (Wildman–Crippen MR) is 105 cm³/mol. The fourth-order valence-electron chi connectivity index (χ4n) is 3.42. The summed E-state index contributed by atoms with van der Waals surface area (Å²) in [7, 11) is 0. The first-order valence-electron chi connectivity index (χ1n) is 9.64. The molecule has 1 saturated heterocycles. The van der Waals surface area contributed by atoms with Crippen LogP contribution < -0.4 is 5.32 Å². The maximum absolute atomic E-state index is 12.6. The third-order valence-electron chi connectivity index (χ3n) is 5.17. The standard InChI is InChI=1S/C22H27N3O2/c1-17-5-8-19(9-6-17)22(27)25-14-11-18(12-15-25)7-10-21(26)24-16-20-4-2-3-13-23-20/h2-6,8-9,13,18H,7,10-12,14-16H2,1H3,(H,24,26). The molecule has 3 rings (SSSR count). The molecule has 0 spiro atoms. The van der Waals surface area contributed by atoms with E-state index in [2.05, 4.69) is 10.3 Å². The van der Waals surface area contributed by atoms with Gasteiger partial charge in [-0.15, -0.1) is 0 Å². The molecule has 5 nitrogen and oxygen atoms in total. The van der Waals surface area contributed by atoms with Crippen molar-refractivity contribution >= 4 is 11.8 Å². The Morgan fingerprint density at radius 1 is 1.11 bits per heavy atom. The number of carbonyl (C=O) groups excluding carboxylic acids is 2. The van der Waals surface area contributed by atoms with E-state index in [9.17, 15) is 9.59 Å². The molecule has 5 heteroatoms. The van der Waals surface area contributed by atoms with Crippen molar-refractivity contribution in [2.75, 3.05) is 13.1 Å². The fraction of sp³-hybridized carbons (Fsp3) is 0.409. The third-order valence-corrected chi connectivity index (χ3v) is 5.17. The lowest BCUT2D eigenvalue weighted by Crippen LogP contribution is -2.38. The van der Waals surface area contributed by atoms with Crippen molar-refractivity contribution in [3.8, 4) is 0 Å². The number of hydrogen-bond donors (Lipinski definition) is 1. The van der Waals surface area contributed by atoms with E-state index in [4.69, 9.17) is 0 Å². The van der Waals surface area contributed by atoms with Crippen LogP contribution in [0, 0.1) is 12.8 Å². The Hall–Kier alpha value is -2.69. The molecule has 0 radical (unpaired) electrons. The molecule has 0 bridgehead atoms. The zero-order chi connectivity index (χ0) is 19.1. The van der Waals surface area contributed by atoms with Crippen LogP contribution in [0.25, 0.3) is 0 Å². The number of aromatic nitrogens is 1. The lowest BCUT2D eigenvalue weighted by atomic mass is 9.91. The van der Waals surface area contributed by atoms with Crippen molar-refractivity contribution < 1.29 is 9.59 Å². The van der Waals surface area contributed by atoms with E-state index in [0.29, 0.717) is 18.9 Å². The number of nitrogens with zero attached hydrogens (tertiary/aromatic N) is 2. The Kier molecular flexibility index (Phi) is 6.58. The summed E-state index contributed by atoms with van der Waals surface area (Å²) in [6.07, 6.45) is 5.06. The van der Waals surface area contributed by atoms with Gasteiger partial charge in [-0.25, -0.2) is 0 Å². The number of likely N-dealkylation sites (tertiary alicyclic amines) is 1. The lowest BCUT2D eigenvalue weighted by Gasteiger charge is -2.32. The zero-order valence-electron chi connectivity index (χ0n) is 15.9. The second kappa shape index (κ2) is 9.31. The topological polar surface area (TPSA) is 62.3 Å². The third kappa shape index (κ3) is 5.64. The van der Waals surface area contributed by atoms with Crippen LogP contribution in [-0.4, -0.2) is 34.8 Å². The quantitative estimate of drug-likeness (QED) is 0.854. The van der Waals surface area contributed by atoms with Gasteiger partial charge in [0.2, 0.25) is 5.91 Å². The van der Waals surface area contributed by atoms with Crippen LogP contribution in [0.4, 0.5) is 0 Å². The monoisotopic (exact) mass is 365 g/mol. The lowest BCUT2D eigenvalue weighted by molar-refractivity contribution is -0.121. The Balaban J connectivity index is 1.37. The predicted octanol–water partition coefficient (Wildman–Crippen LogP) is 3.34. The first-order valence-corrected chi connectivity index (χ1v) is 9.64. The number of hydrogen-bond acceptors (Lipinski definition) is 3. The smallest absolute Gasteiger partial charge is 0.253 e. The number of piperidine rings is 1. The van der Waals surface area contributed by atoms with Gasteiger partial charge in [-0.3, -0.25) is 14.6 Å². The van der Waals surface area contributed by atoms with Gasteiger partial charge in [0.1, 0.15) is 0 Å². The maximum atomic E-state index is 12.6. The van der Waals surface area contributed by atoms with E-state index >= 15 is 0 Å². The van der Waals surface area contributed by atoms with Crippen molar-refractivity contribution in [2.45, 2.75) is 39.2 Å². The summed E-state index contributed by atoms with van der Waals surface area (Å²) in [6.45, 7) is 4.04. The van der Waals surface area contributed by atoms with Crippen molar-refractivity contribution in [3.05, 3.63) is 65.5 Å². The summed E-state index contributed by atoms with van der Waals surface area (Å²) in [5.74, 6) is 0.688. The van der Waals surface area contributed by atoms with Crippen LogP contribution in [0.15, 0.2) is 48.7 Å². The van der Waals surface area contributed by atoms with E-state index < -0.39 is 0 Å². The first kappa shape index (κ1) is 19.1. The number of rotatable bonds is 6. The van der Waals surface area contributed by atoms with Crippen molar-refractivity contribution in [2.24, 2.45) is 5.92 Å². The second-order valence-corrected chi connectivity index (χ2v) is 7.24. The number of benzene rings is 1. The molecule has 2 aromatic rings. The van der Waals surface area contributed by atoms with Crippen LogP contribution in [0.5, 0.6) is 0 Å². The number of pyridine rings is 1. The molecule has 27 heavy (non-hydrogen) atoms. The highest BCUT2D eigenvalue weighted by Gasteiger charge is 2.23. The van der Waals surface area contributed by atoms with E-state index in [1.165, 1.54) is 0 Å². The minimum atomic E-state index is 0.0683. The van der Waals surface area contributed by atoms with Crippen molar-refractivity contribution in [1.29, 1.82) is 0 Å². The van der Waals surface area contributed by atoms with Gasteiger partial charge in [0.05, 0.1) is 12.2 Å². The SMILES string of the molecule is Cc1ccc(C(=O)N2CCC(CCC(=O)NCc3ccccn3)CC2)cc1. The van der Waals surface area contributed by atoms with Crippen LogP contribution in [-0.2, 0) is 11.3 Å². The van der Waals surface area contributed by atoms with Gasteiger partial charge in [0.25, 0.3) is 5.91 Å². The van der Waals surface area contributed by atoms with Gasteiger partial charge >= 0.3 is 0 Å². The summed E-state index contributed by atoms with van der Waals surface area (Å²) in [4.78, 5) is 30.7. The molecule has 1 aliphatic heterocycles. The average Bonchev–Trinajstić information content (AvgIpc) is 2.72. The zero-order valence-corrected chi connectivity index (χ0v) is 15.9. The number of amides is 2. The molecule has 1 aliphatic rings. The summed E-state index contributed by atoms with van der Waals surface area (Å²) in [6, 6.07) is 13.4. The molecule has 2 heterocycles. The van der Waals surface area contributed by atoms with Crippen LogP contribution in [0.1, 0.15) is 47.3 Å². The van der Waals surface area contributed by atoms with E-state index in [1.807, 2.05) is 54.3 Å². The van der Waals surface area contributed by atoms with E-state index in [-0.39, 0.29) is 11.8 Å². The van der Waals surface area contributed by atoms with E-state index in [1.54, 1.807) is 6.20 Å². The Bertz CT molecular complexity index is 751. The summed E-state index contributed by atoms with van der Waals surface area (Å²) < 4.78 is 0. The maximum Gasteiger partial charge on any atom is 0.253 e. The highest BCUT2D eigenvalue weighted by atomic mass is 16.2. The van der Waals surface area contributed by atoms with Gasteiger partial charge in [0.15, 0.2) is 0 Å². The Labute approximate surface area is 160 Å². The molecular formula is C22H27N3O2. The molecule has 0 saturated carbocycles. The van der Waals surface area contributed by atoms with Gasteiger partial charge in [-0.05, 0) is 56.4 Å². The van der Waals surface area contributed by atoms with Crippen LogP contribution in [0.2, 0.25) is 0 Å². The van der Waals surface area contributed by atoms with Gasteiger partial charge in [-0.1, -0.05) is 23.8 Å². The molecule has 1 aromatic carbocycles. The molecule has 1 fully saturated rings. The van der Waals surface area contributed by atoms with Crippen molar-refractivity contribution in [1.82, 2.24) is 15.2 Å². The molecule has 0 aliphatic carbocycles. The van der Waals surface area contributed by atoms with Crippen LogP contribution in [0.3, 0.4) is 0 Å². The summed E-state index contributed by atoms with van der Waals surface area (Å²) in [5, 5.41) is 2.93. The summed E-state index contributed by atoms with van der Waals surface area (Å²) in [5.41, 5.74) is 2.79. The van der Waals surface area contributed by atoms with Crippen LogP contribution >= 0.6 is 0 Å². The summed E-state index contributed by atoms with van der Waals surface area (Å²) >= 11 is 0. The fourth-order valence-corrected chi connectivity index (χ4v) is 3.42. The van der Waals surface area contributed by atoms with Gasteiger partial charge < -0.3 is 10.2 Å². The second-order valence-electron chi connectivity index (χ2n) is 7.24. The number of nitrogens with one attached hydrogen (secondary N) is 1. The molecule has 1 aromatic heterocycles. The Morgan fingerprint density at radius 3 is 2.52 bits per heavy atom. The largest absolute Gasteiger partial charge is 0.350 e. The minimum absolute atomic E-state index is 0.0683. The highest BCUT2D eigenvalue weighted by molar-refractivity contribution is 5.94. The minimum Gasteiger partial charge on any atom is -0.350 e. The molecule has 0 unspecified atom stereocenters. The Morgan fingerprint density at radius 2 is 1.85 bits per heavy atom. The first-order chi connectivity index (χ1) is 13.1. The molecule has 142 valence electrons. The van der Waals surface area contributed by atoms with E-state index in [0.717, 1.165) is 49.2 Å².